The number of rotatable bonds is 0. The summed E-state index contributed by atoms with van der Waals surface area (Å²) in [5.74, 6) is 1.05. The Morgan fingerprint density at radius 3 is 2.93 bits per heavy atom. The molecule has 2 aliphatic rings. The Bertz CT molecular complexity index is 374. The van der Waals surface area contributed by atoms with E-state index in [0.29, 0.717) is 0 Å². The standard InChI is InChI=1S/C11H12INO/c12-8-3-1-4-9-10(8)14-11(7-13-9)5-2-6-11/h1,3-4,13H,2,5-7H2. The highest BCUT2D eigenvalue weighted by atomic mass is 127. The molecule has 1 N–H and O–H groups in total. The van der Waals surface area contributed by atoms with Gasteiger partial charge >= 0.3 is 0 Å². The first-order valence-corrected chi connectivity index (χ1v) is 6.08. The number of ether oxygens (including phenoxy) is 1. The summed E-state index contributed by atoms with van der Waals surface area (Å²) in [6.45, 7) is 0.972. The van der Waals surface area contributed by atoms with E-state index in [1.165, 1.54) is 22.8 Å². The largest absolute Gasteiger partial charge is 0.482 e. The van der Waals surface area contributed by atoms with Gasteiger partial charge in [-0.3, -0.25) is 0 Å². The minimum Gasteiger partial charge on any atom is -0.482 e. The minimum absolute atomic E-state index is 0.119. The van der Waals surface area contributed by atoms with Gasteiger partial charge in [0.25, 0.3) is 0 Å². The van der Waals surface area contributed by atoms with Crippen LogP contribution in [0.1, 0.15) is 19.3 Å². The van der Waals surface area contributed by atoms with Crippen molar-refractivity contribution in [2.45, 2.75) is 24.9 Å². The van der Waals surface area contributed by atoms with E-state index in [9.17, 15) is 0 Å². The van der Waals surface area contributed by atoms with Crippen LogP contribution in [-0.2, 0) is 0 Å². The van der Waals surface area contributed by atoms with Crippen LogP contribution in [-0.4, -0.2) is 12.1 Å². The van der Waals surface area contributed by atoms with Crippen LogP contribution in [0.5, 0.6) is 5.75 Å². The Morgan fingerprint density at radius 1 is 1.36 bits per heavy atom. The molecule has 1 aliphatic carbocycles. The van der Waals surface area contributed by atoms with Gasteiger partial charge in [-0.05, 0) is 54.0 Å². The summed E-state index contributed by atoms with van der Waals surface area (Å²) in [6.07, 6.45) is 3.70. The van der Waals surface area contributed by atoms with Crippen LogP contribution in [0.4, 0.5) is 5.69 Å². The Morgan fingerprint density at radius 2 is 2.21 bits per heavy atom. The van der Waals surface area contributed by atoms with Crippen LogP contribution in [0.3, 0.4) is 0 Å². The number of halogens is 1. The summed E-state index contributed by atoms with van der Waals surface area (Å²) in [6, 6.07) is 6.25. The zero-order chi connectivity index (χ0) is 9.60. The molecule has 0 atom stereocenters. The van der Waals surface area contributed by atoms with Crippen molar-refractivity contribution in [3.05, 3.63) is 21.8 Å². The Kier molecular flexibility index (Phi) is 1.90. The van der Waals surface area contributed by atoms with Gasteiger partial charge in [-0.15, -0.1) is 0 Å². The maximum atomic E-state index is 6.12. The van der Waals surface area contributed by atoms with Crippen molar-refractivity contribution in [2.24, 2.45) is 0 Å². The molecule has 0 bridgehead atoms. The van der Waals surface area contributed by atoms with E-state index in [-0.39, 0.29) is 5.60 Å². The van der Waals surface area contributed by atoms with Crippen molar-refractivity contribution in [3.8, 4) is 5.75 Å². The summed E-state index contributed by atoms with van der Waals surface area (Å²) in [7, 11) is 0. The molecule has 2 nitrogen and oxygen atoms in total. The fourth-order valence-electron chi connectivity index (χ4n) is 2.11. The fraction of sp³-hybridized carbons (Fsp3) is 0.455. The lowest BCUT2D eigenvalue weighted by Crippen LogP contribution is -2.51. The summed E-state index contributed by atoms with van der Waals surface area (Å²) in [4.78, 5) is 0. The molecular formula is C11H12INO. The first kappa shape index (κ1) is 8.83. The van der Waals surface area contributed by atoms with Crippen molar-refractivity contribution in [1.82, 2.24) is 0 Å². The van der Waals surface area contributed by atoms with Crippen LogP contribution in [0.15, 0.2) is 18.2 Å². The van der Waals surface area contributed by atoms with E-state index in [2.05, 4.69) is 46.1 Å². The van der Waals surface area contributed by atoms with Gasteiger partial charge in [0.15, 0.2) is 5.75 Å². The number of anilines is 1. The second kappa shape index (κ2) is 3.02. The van der Waals surface area contributed by atoms with E-state index in [4.69, 9.17) is 4.74 Å². The lowest BCUT2D eigenvalue weighted by atomic mass is 9.79. The average Bonchev–Trinajstić information content (AvgIpc) is 2.16. The van der Waals surface area contributed by atoms with Gasteiger partial charge in [0.1, 0.15) is 5.60 Å². The van der Waals surface area contributed by atoms with Gasteiger partial charge in [-0.25, -0.2) is 0 Å². The summed E-state index contributed by atoms with van der Waals surface area (Å²) in [5.41, 5.74) is 1.27. The minimum atomic E-state index is 0.119. The lowest BCUT2D eigenvalue weighted by Gasteiger charge is -2.45. The molecule has 0 unspecified atom stereocenters. The third-order valence-electron chi connectivity index (χ3n) is 3.15. The second-order valence-electron chi connectivity index (χ2n) is 4.11. The Labute approximate surface area is 97.2 Å². The van der Waals surface area contributed by atoms with Crippen LogP contribution >= 0.6 is 22.6 Å². The van der Waals surface area contributed by atoms with Gasteiger partial charge in [-0.2, -0.15) is 0 Å². The number of hydrogen-bond donors (Lipinski definition) is 1. The molecule has 0 saturated heterocycles. The summed E-state index contributed by atoms with van der Waals surface area (Å²) >= 11 is 2.34. The highest BCUT2D eigenvalue weighted by Crippen LogP contribution is 2.44. The quantitative estimate of drug-likeness (QED) is 0.744. The van der Waals surface area contributed by atoms with Gasteiger partial charge < -0.3 is 10.1 Å². The first-order chi connectivity index (χ1) is 6.79. The predicted molar refractivity (Wildman–Crippen MR) is 64.9 cm³/mol. The van der Waals surface area contributed by atoms with Crippen molar-refractivity contribution in [1.29, 1.82) is 0 Å². The highest BCUT2D eigenvalue weighted by Gasteiger charge is 2.42. The van der Waals surface area contributed by atoms with E-state index in [1.807, 2.05) is 0 Å². The molecule has 1 fully saturated rings. The number of benzene rings is 1. The van der Waals surface area contributed by atoms with Crippen molar-refractivity contribution < 1.29 is 4.74 Å². The Hall–Kier alpha value is -0.450. The second-order valence-corrected chi connectivity index (χ2v) is 5.27. The van der Waals surface area contributed by atoms with Crippen LogP contribution in [0.25, 0.3) is 0 Å². The molecule has 1 saturated carbocycles. The van der Waals surface area contributed by atoms with Gasteiger partial charge in [0.05, 0.1) is 15.8 Å². The SMILES string of the molecule is Ic1cccc2c1OC1(CCC1)CN2. The topological polar surface area (TPSA) is 21.3 Å². The average molecular weight is 301 g/mol. The van der Waals surface area contributed by atoms with E-state index in [1.54, 1.807) is 0 Å². The highest BCUT2D eigenvalue weighted by molar-refractivity contribution is 14.1. The fourth-order valence-corrected chi connectivity index (χ4v) is 2.72. The van der Waals surface area contributed by atoms with E-state index >= 15 is 0 Å². The molecule has 1 heterocycles. The third kappa shape index (κ3) is 1.21. The molecule has 3 heteroatoms. The number of para-hydroxylation sites is 1. The van der Waals surface area contributed by atoms with Crippen molar-refractivity contribution in [3.63, 3.8) is 0 Å². The summed E-state index contributed by atoms with van der Waals surface area (Å²) < 4.78 is 7.32. The molecule has 1 aromatic rings. The normalized spacial score (nSPS) is 21.8. The first-order valence-electron chi connectivity index (χ1n) is 5.01. The van der Waals surface area contributed by atoms with E-state index < -0.39 is 0 Å². The maximum absolute atomic E-state index is 6.12. The molecule has 0 aromatic heterocycles. The van der Waals surface area contributed by atoms with Gasteiger partial charge in [0, 0.05) is 0 Å². The molecule has 1 aliphatic heterocycles. The predicted octanol–water partition coefficient (Wildman–Crippen LogP) is 3.02. The van der Waals surface area contributed by atoms with E-state index in [0.717, 1.165) is 18.0 Å². The van der Waals surface area contributed by atoms with Gasteiger partial charge in [-0.1, -0.05) is 6.07 Å². The lowest BCUT2D eigenvalue weighted by molar-refractivity contribution is -0.000574. The molecule has 3 rings (SSSR count). The molecule has 1 spiro atoms. The monoisotopic (exact) mass is 301 g/mol. The molecule has 74 valence electrons. The molecule has 0 radical (unpaired) electrons. The van der Waals surface area contributed by atoms with Crippen LogP contribution in [0.2, 0.25) is 0 Å². The van der Waals surface area contributed by atoms with Crippen molar-refractivity contribution >= 4 is 28.3 Å². The molecule has 0 amide bonds. The number of fused-ring (bicyclic) bond motifs is 1. The molecule has 1 aromatic carbocycles. The molecule has 14 heavy (non-hydrogen) atoms. The Balaban J connectivity index is 2.00. The van der Waals surface area contributed by atoms with Crippen LogP contribution < -0.4 is 10.1 Å². The van der Waals surface area contributed by atoms with Gasteiger partial charge in [0.2, 0.25) is 0 Å². The maximum Gasteiger partial charge on any atom is 0.156 e. The number of hydrogen-bond acceptors (Lipinski definition) is 2. The smallest absolute Gasteiger partial charge is 0.156 e. The van der Waals surface area contributed by atoms with Crippen molar-refractivity contribution in [2.75, 3.05) is 11.9 Å². The number of nitrogens with one attached hydrogen (secondary N) is 1. The zero-order valence-corrected chi connectivity index (χ0v) is 10.0. The molecular weight excluding hydrogens is 289 g/mol. The third-order valence-corrected chi connectivity index (χ3v) is 4.00. The van der Waals surface area contributed by atoms with Crippen LogP contribution in [0, 0.1) is 3.57 Å². The zero-order valence-electron chi connectivity index (χ0n) is 7.85. The summed E-state index contributed by atoms with van der Waals surface area (Å²) in [5, 5.41) is 3.47.